The Morgan fingerprint density at radius 1 is 1.25 bits per heavy atom. The smallest absolute Gasteiger partial charge is 0.322 e. The monoisotopic (exact) mass is 239 g/mol. The molecule has 0 bridgehead atoms. The number of benzene rings is 1. The van der Waals surface area contributed by atoms with Gasteiger partial charge in [-0.3, -0.25) is 0 Å². The average molecular weight is 240 g/mol. The molecule has 82 valence electrons. The van der Waals surface area contributed by atoms with E-state index in [1.807, 2.05) is 0 Å². The second kappa shape index (κ2) is 4.32. The van der Waals surface area contributed by atoms with Crippen molar-refractivity contribution < 1.29 is 9.13 Å². The molecule has 1 aromatic heterocycles. The van der Waals surface area contributed by atoms with E-state index in [0.717, 1.165) is 6.07 Å². The molecule has 0 aliphatic carbocycles. The molecule has 0 saturated carbocycles. The highest BCUT2D eigenvalue weighted by Gasteiger charge is 2.06. The van der Waals surface area contributed by atoms with Gasteiger partial charge in [0.1, 0.15) is 0 Å². The van der Waals surface area contributed by atoms with Crippen LogP contribution in [-0.2, 0) is 0 Å². The third-order valence-corrected chi connectivity index (χ3v) is 1.95. The van der Waals surface area contributed by atoms with Crippen LogP contribution < -0.4 is 10.5 Å². The number of halogens is 2. The third-order valence-electron chi connectivity index (χ3n) is 1.75. The Balaban J connectivity index is 2.23. The van der Waals surface area contributed by atoms with Crippen molar-refractivity contribution in [1.82, 2.24) is 9.97 Å². The second-order valence-corrected chi connectivity index (χ2v) is 3.41. The molecule has 2 N–H and O–H groups in total. The van der Waals surface area contributed by atoms with E-state index in [1.54, 1.807) is 0 Å². The maximum absolute atomic E-state index is 13.3. The lowest BCUT2D eigenvalue weighted by Gasteiger charge is -2.04. The van der Waals surface area contributed by atoms with E-state index in [9.17, 15) is 4.39 Å². The Morgan fingerprint density at radius 3 is 2.56 bits per heavy atom. The molecular formula is C10H7ClFN3O. The zero-order chi connectivity index (χ0) is 11.5. The van der Waals surface area contributed by atoms with Crippen molar-refractivity contribution in [2.75, 3.05) is 5.73 Å². The second-order valence-electron chi connectivity index (χ2n) is 2.98. The summed E-state index contributed by atoms with van der Waals surface area (Å²) in [6.07, 6.45) is 2.72. The van der Waals surface area contributed by atoms with Crippen LogP contribution in [0.3, 0.4) is 0 Å². The van der Waals surface area contributed by atoms with Gasteiger partial charge in [0.2, 0.25) is 0 Å². The molecule has 1 heterocycles. The van der Waals surface area contributed by atoms with Gasteiger partial charge in [0.25, 0.3) is 0 Å². The van der Waals surface area contributed by atoms with Gasteiger partial charge in [-0.2, -0.15) is 0 Å². The molecule has 0 radical (unpaired) electrons. The number of anilines is 1. The summed E-state index contributed by atoms with van der Waals surface area (Å²) in [5, 5.41) is 0.380. The molecule has 4 nitrogen and oxygen atoms in total. The normalized spacial score (nSPS) is 10.1. The van der Waals surface area contributed by atoms with Gasteiger partial charge < -0.3 is 10.5 Å². The lowest BCUT2D eigenvalue weighted by molar-refractivity contribution is 0.411. The summed E-state index contributed by atoms with van der Waals surface area (Å²) < 4.78 is 18.4. The first kappa shape index (κ1) is 10.6. The molecule has 0 spiro atoms. The van der Waals surface area contributed by atoms with Crippen LogP contribution >= 0.6 is 11.6 Å². The van der Waals surface area contributed by atoms with Crippen LogP contribution in [-0.4, -0.2) is 9.97 Å². The van der Waals surface area contributed by atoms with E-state index in [2.05, 4.69) is 9.97 Å². The molecule has 0 unspecified atom stereocenters. The summed E-state index contributed by atoms with van der Waals surface area (Å²) in [5.41, 5.74) is 5.72. The summed E-state index contributed by atoms with van der Waals surface area (Å²) in [5.74, 6) is -0.560. The van der Waals surface area contributed by atoms with E-state index in [0.29, 0.717) is 10.7 Å². The molecule has 0 atom stereocenters. The van der Waals surface area contributed by atoms with Crippen LogP contribution in [0.5, 0.6) is 11.8 Å². The van der Waals surface area contributed by atoms with Gasteiger partial charge in [-0.05, 0) is 12.1 Å². The topological polar surface area (TPSA) is 61.0 Å². The van der Waals surface area contributed by atoms with Crippen LogP contribution in [0.15, 0.2) is 30.6 Å². The van der Waals surface area contributed by atoms with E-state index in [1.165, 1.54) is 24.5 Å². The first-order valence-electron chi connectivity index (χ1n) is 4.35. The fourth-order valence-electron chi connectivity index (χ4n) is 1.05. The number of nitrogens with zero attached hydrogens (tertiary/aromatic N) is 2. The zero-order valence-corrected chi connectivity index (χ0v) is 8.78. The van der Waals surface area contributed by atoms with Gasteiger partial charge >= 0.3 is 6.01 Å². The standard InChI is InChI=1S/C10H7ClFN3O/c11-6-4-14-10(15-5-6)16-9-2-1-7(13)3-8(9)12/h1-5H,13H2. The maximum Gasteiger partial charge on any atom is 0.322 e. The molecule has 16 heavy (non-hydrogen) atoms. The van der Waals surface area contributed by atoms with Crippen LogP contribution in [0.1, 0.15) is 0 Å². The lowest BCUT2D eigenvalue weighted by Crippen LogP contribution is -1.94. The summed E-state index contributed by atoms with van der Waals surface area (Å²) in [7, 11) is 0. The molecule has 0 fully saturated rings. The van der Waals surface area contributed by atoms with Crippen LogP contribution in [0.25, 0.3) is 0 Å². The van der Waals surface area contributed by atoms with E-state index in [4.69, 9.17) is 22.1 Å². The number of hydrogen-bond donors (Lipinski definition) is 1. The van der Waals surface area contributed by atoms with E-state index < -0.39 is 5.82 Å². The number of nitrogen functional groups attached to an aromatic ring is 1. The van der Waals surface area contributed by atoms with Crippen LogP contribution in [0, 0.1) is 5.82 Å². The molecule has 0 aliphatic rings. The lowest BCUT2D eigenvalue weighted by atomic mass is 10.3. The highest BCUT2D eigenvalue weighted by Crippen LogP contribution is 2.23. The SMILES string of the molecule is Nc1ccc(Oc2ncc(Cl)cn2)c(F)c1. The van der Waals surface area contributed by atoms with Crippen molar-refractivity contribution in [3.63, 3.8) is 0 Å². The highest BCUT2D eigenvalue weighted by atomic mass is 35.5. The first-order chi connectivity index (χ1) is 7.65. The zero-order valence-electron chi connectivity index (χ0n) is 8.02. The van der Waals surface area contributed by atoms with Gasteiger partial charge in [0.05, 0.1) is 17.4 Å². The Hall–Kier alpha value is -1.88. The largest absolute Gasteiger partial charge is 0.421 e. The molecule has 0 saturated heterocycles. The van der Waals surface area contributed by atoms with Crippen molar-refractivity contribution in [2.45, 2.75) is 0 Å². The first-order valence-corrected chi connectivity index (χ1v) is 4.73. The number of rotatable bonds is 2. The quantitative estimate of drug-likeness (QED) is 0.819. The van der Waals surface area contributed by atoms with Gasteiger partial charge in [-0.1, -0.05) is 11.6 Å². The van der Waals surface area contributed by atoms with Crippen molar-refractivity contribution in [2.24, 2.45) is 0 Å². The maximum atomic E-state index is 13.3. The highest BCUT2D eigenvalue weighted by molar-refractivity contribution is 6.30. The number of ether oxygens (including phenoxy) is 1. The molecule has 2 rings (SSSR count). The van der Waals surface area contributed by atoms with Crippen molar-refractivity contribution >= 4 is 17.3 Å². The Labute approximate surface area is 95.9 Å². The van der Waals surface area contributed by atoms with Crippen LogP contribution in [0.4, 0.5) is 10.1 Å². The summed E-state index contributed by atoms with van der Waals surface area (Å²) in [6.45, 7) is 0. The Kier molecular flexibility index (Phi) is 2.87. The Bertz CT molecular complexity index is 504. The van der Waals surface area contributed by atoms with E-state index in [-0.39, 0.29) is 11.8 Å². The van der Waals surface area contributed by atoms with Gasteiger partial charge in [0.15, 0.2) is 11.6 Å². The molecular weight excluding hydrogens is 233 g/mol. The average Bonchev–Trinajstić information content (AvgIpc) is 2.25. The fraction of sp³-hybridized carbons (Fsp3) is 0. The fourth-order valence-corrected chi connectivity index (χ4v) is 1.15. The van der Waals surface area contributed by atoms with Crippen molar-refractivity contribution in [3.05, 3.63) is 41.4 Å². The molecule has 6 heteroatoms. The minimum absolute atomic E-state index is 0.0107. The summed E-state index contributed by atoms with van der Waals surface area (Å²) in [6, 6.07) is 4.11. The van der Waals surface area contributed by atoms with Crippen molar-refractivity contribution in [1.29, 1.82) is 0 Å². The minimum atomic E-state index is -0.571. The summed E-state index contributed by atoms with van der Waals surface area (Å²) in [4.78, 5) is 7.55. The molecule has 0 amide bonds. The molecule has 2 aromatic rings. The van der Waals surface area contributed by atoms with Gasteiger partial charge in [-0.25, -0.2) is 14.4 Å². The molecule has 0 aliphatic heterocycles. The Morgan fingerprint density at radius 2 is 1.94 bits per heavy atom. The number of aromatic nitrogens is 2. The molecule has 1 aromatic carbocycles. The van der Waals surface area contributed by atoms with Gasteiger partial charge in [-0.15, -0.1) is 0 Å². The van der Waals surface area contributed by atoms with Crippen LogP contribution in [0.2, 0.25) is 5.02 Å². The predicted molar refractivity (Wildman–Crippen MR) is 57.9 cm³/mol. The number of nitrogens with two attached hydrogens (primary N) is 1. The van der Waals surface area contributed by atoms with Crippen molar-refractivity contribution in [3.8, 4) is 11.8 Å². The van der Waals surface area contributed by atoms with E-state index >= 15 is 0 Å². The minimum Gasteiger partial charge on any atom is -0.421 e. The predicted octanol–water partition coefficient (Wildman–Crippen LogP) is 2.64. The summed E-state index contributed by atoms with van der Waals surface area (Å²) >= 11 is 5.60. The van der Waals surface area contributed by atoms with Gasteiger partial charge in [0, 0.05) is 11.8 Å². The third kappa shape index (κ3) is 2.38. The number of hydrogen-bond acceptors (Lipinski definition) is 4.